The highest BCUT2D eigenvalue weighted by Crippen LogP contribution is 2.24. The number of ether oxygens (including phenoxy) is 1. The van der Waals surface area contributed by atoms with E-state index in [1.807, 2.05) is 71.9 Å². The molecule has 0 fully saturated rings. The van der Waals surface area contributed by atoms with Crippen molar-refractivity contribution in [2.45, 2.75) is 59.7 Å². The molecule has 0 saturated carbocycles. The number of hydrogen-bond acceptors (Lipinski definition) is 2. The van der Waals surface area contributed by atoms with E-state index in [-0.39, 0.29) is 22.9 Å². The summed E-state index contributed by atoms with van der Waals surface area (Å²) in [4.78, 5) is 12.5. The minimum absolute atomic E-state index is 0.159. The van der Waals surface area contributed by atoms with Crippen LogP contribution in [0.5, 0.6) is 0 Å². The second-order valence-electron chi connectivity index (χ2n) is 7.02. The lowest BCUT2D eigenvalue weighted by Crippen LogP contribution is -2.40. The quantitative estimate of drug-likeness (QED) is 0.819. The van der Waals surface area contributed by atoms with Crippen molar-refractivity contribution in [3.05, 3.63) is 35.9 Å². The minimum Gasteiger partial charge on any atom is -0.364 e. The topological polar surface area (TPSA) is 26.3 Å². The first-order valence-electron chi connectivity index (χ1n) is 6.86. The third kappa shape index (κ3) is 5.56. The molecular formula is C17H26O2. The SMILES string of the molecule is CC(C)(C)OC(Cc1ccccc1)C(=O)C(C)(C)C. The molecule has 0 aromatic heterocycles. The Morgan fingerprint density at radius 3 is 2.00 bits per heavy atom. The average molecular weight is 262 g/mol. The van der Waals surface area contributed by atoms with Crippen molar-refractivity contribution in [3.8, 4) is 0 Å². The molecule has 1 aromatic carbocycles. The maximum Gasteiger partial charge on any atom is 0.167 e. The largest absolute Gasteiger partial charge is 0.364 e. The molecule has 2 heteroatoms. The molecule has 0 bridgehead atoms. The second kappa shape index (κ2) is 5.87. The first-order valence-corrected chi connectivity index (χ1v) is 6.86. The van der Waals surface area contributed by atoms with Gasteiger partial charge in [-0.1, -0.05) is 51.1 Å². The molecule has 1 rings (SSSR count). The van der Waals surface area contributed by atoms with Crippen LogP contribution < -0.4 is 0 Å². The molecule has 2 nitrogen and oxygen atoms in total. The summed E-state index contributed by atoms with van der Waals surface area (Å²) in [6.45, 7) is 11.8. The van der Waals surface area contributed by atoms with Gasteiger partial charge in [0.25, 0.3) is 0 Å². The maximum atomic E-state index is 12.5. The number of hydrogen-bond donors (Lipinski definition) is 0. The molecule has 0 spiro atoms. The van der Waals surface area contributed by atoms with Gasteiger partial charge < -0.3 is 4.74 Å². The Balaban J connectivity index is 2.90. The van der Waals surface area contributed by atoms with E-state index >= 15 is 0 Å². The molecule has 0 aliphatic carbocycles. The monoisotopic (exact) mass is 262 g/mol. The van der Waals surface area contributed by atoms with Gasteiger partial charge in [-0.3, -0.25) is 4.79 Å². The van der Waals surface area contributed by atoms with Crippen LogP contribution in [-0.2, 0) is 16.0 Å². The fourth-order valence-electron chi connectivity index (χ4n) is 1.93. The number of carbonyl (C=O) groups is 1. The standard InChI is InChI=1S/C17H26O2/c1-16(2,3)15(18)14(19-17(4,5)6)12-13-10-8-7-9-11-13/h7-11,14H,12H2,1-6H3. The van der Waals surface area contributed by atoms with E-state index in [4.69, 9.17) is 4.74 Å². The molecule has 19 heavy (non-hydrogen) atoms. The van der Waals surface area contributed by atoms with Crippen molar-refractivity contribution in [1.29, 1.82) is 0 Å². The maximum absolute atomic E-state index is 12.5. The average Bonchev–Trinajstić information content (AvgIpc) is 2.25. The molecule has 0 aliphatic heterocycles. The zero-order chi connectivity index (χ0) is 14.7. The fourth-order valence-corrected chi connectivity index (χ4v) is 1.93. The van der Waals surface area contributed by atoms with Crippen molar-refractivity contribution in [1.82, 2.24) is 0 Å². The number of rotatable bonds is 4. The summed E-state index contributed by atoms with van der Waals surface area (Å²) in [5.74, 6) is 0.159. The first kappa shape index (κ1) is 15.9. The zero-order valence-electron chi connectivity index (χ0n) is 13.0. The molecule has 0 radical (unpaired) electrons. The van der Waals surface area contributed by atoms with Crippen LogP contribution in [0, 0.1) is 5.41 Å². The van der Waals surface area contributed by atoms with E-state index in [1.165, 1.54) is 0 Å². The highest BCUT2D eigenvalue weighted by molar-refractivity contribution is 5.88. The van der Waals surface area contributed by atoms with E-state index in [0.717, 1.165) is 5.56 Å². The Morgan fingerprint density at radius 2 is 1.58 bits per heavy atom. The van der Waals surface area contributed by atoms with Gasteiger partial charge in [-0.25, -0.2) is 0 Å². The fraction of sp³-hybridized carbons (Fsp3) is 0.588. The Labute approximate surface area is 117 Å². The Bertz CT molecular complexity index is 407. The highest BCUT2D eigenvalue weighted by atomic mass is 16.5. The van der Waals surface area contributed by atoms with E-state index in [1.54, 1.807) is 0 Å². The smallest absolute Gasteiger partial charge is 0.167 e. The number of benzene rings is 1. The lowest BCUT2D eigenvalue weighted by Gasteiger charge is -2.31. The van der Waals surface area contributed by atoms with Gasteiger partial charge in [-0.15, -0.1) is 0 Å². The van der Waals surface area contributed by atoms with Crippen LogP contribution in [0.1, 0.15) is 47.1 Å². The van der Waals surface area contributed by atoms with Crippen LogP contribution in [0.4, 0.5) is 0 Å². The summed E-state index contributed by atoms with van der Waals surface area (Å²) in [6, 6.07) is 10.0. The summed E-state index contributed by atoms with van der Waals surface area (Å²) in [5, 5.41) is 0. The van der Waals surface area contributed by atoms with Gasteiger partial charge in [0.05, 0.1) is 5.60 Å². The molecule has 1 unspecified atom stereocenters. The first-order chi connectivity index (χ1) is 8.59. The summed E-state index contributed by atoms with van der Waals surface area (Å²) in [6.07, 6.45) is 0.246. The molecule has 0 amide bonds. The summed E-state index contributed by atoms with van der Waals surface area (Å²) in [5.41, 5.74) is 0.430. The van der Waals surface area contributed by atoms with Crippen LogP contribution >= 0.6 is 0 Å². The second-order valence-corrected chi connectivity index (χ2v) is 7.02. The van der Waals surface area contributed by atoms with Crippen LogP contribution in [-0.4, -0.2) is 17.5 Å². The highest BCUT2D eigenvalue weighted by Gasteiger charge is 2.33. The van der Waals surface area contributed by atoms with Crippen molar-refractivity contribution >= 4 is 5.78 Å². The third-order valence-corrected chi connectivity index (χ3v) is 2.79. The van der Waals surface area contributed by atoms with Crippen LogP contribution in [0.3, 0.4) is 0 Å². The zero-order valence-corrected chi connectivity index (χ0v) is 13.0. The van der Waals surface area contributed by atoms with Crippen LogP contribution in [0.2, 0.25) is 0 Å². The number of carbonyl (C=O) groups excluding carboxylic acids is 1. The summed E-state index contributed by atoms with van der Waals surface area (Å²) >= 11 is 0. The van der Waals surface area contributed by atoms with Gasteiger partial charge in [0.2, 0.25) is 0 Å². The van der Waals surface area contributed by atoms with Crippen LogP contribution in [0.25, 0.3) is 0 Å². The molecule has 0 heterocycles. The molecule has 0 saturated heterocycles. The predicted octanol–water partition coefficient (Wildman–Crippen LogP) is 4.03. The van der Waals surface area contributed by atoms with Gasteiger partial charge in [-0.2, -0.15) is 0 Å². The van der Waals surface area contributed by atoms with E-state index in [0.29, 0.717) is 6.42 Å². The van der Waals surface area contributed by atoms with Crippen molar-refractivity contribution < 1.29 is 9.53 Å². The van der Waals surface area contributed by atoms with Crippen LogP contribution in [0.15, 0.2) is 30.3 Å². The Morgan fingerprint density at radius 1 is 1.05 bits per heavy atom. The van der Waals surface area contributed by atoms with Gasteiger partial charge in [0.1, 0.15) is 6.10 Å². The predicted molar refractivity (Wildman–Crippen MR) is 79.2 cm³/mol. The van der Waals surface area contributed by atoms with E-state index < -0.39 is 0 Å². The molecular weight excluding hydrogens is 236 g/mol. The normalized spacial score (nSPS) is 14.2. The summed E-state index contributed by atoms with van der Waals surface area (Å²) in [7, 11) is 0. The van der Waals surface area contributed by atoms with Crippen molar-refractivity contribution in [2.75, 3.05) is 0 Å². The van der Waals surface area contributed by atoms with E-state index in [2.05, 4.69) is 0 Å². The van der Waals surface area contributed by atoms with Gasteiger partial charge >= 0.3 is 0 Å². The lowest BCUT2D eigenvalue weighted by atomic mass is 9.85. The number of Topliss-reactive ketones (excluding diaryl/α,β-unsaturated/α-hetero) is 1. The third-order valence-electron chi connectivity index (χ3n) is 2.79. The number of ketones is 1. The Kier molecular flexibility index (Phi) is 4.92. The molecule has 0 N–H and O–H groups in total. The summed E-state index contributed by atoms with van der Waals surface area (Å²) < 4.78 is 5.98. The van der Waals surface area contributed by atoms with Crippen molar-refractivity contribution in [3.63, 3.8) is 0 Å². The van der Waals surface area contributed by atoms with E-state index in [9.17, 15) is 4.79 Å². The minimum atomic E-state index is -0.387. The Hall–Kier alpha value is -1.15. The van der Waals surface area contributed by atoms with Gasteiger partial charge in [-0.05, 0) is 26.3 Å². The molecule has 106 valence electrons. The molecule has 0 aliphatic rings. The molecule has 1 aromatic rings. The van der Waals surface area contributed by atoms with Gasteiger partial charge in [0, 0.05) is 11.8 Å². The molecule has 1 atom stereocenters. The van der Waals surface area contributed by atoms with Gasteiger partial charge in [0.15, 0.2) is 5.78 Å². The van der Waals surface area contributed by atoms with Crippen molar-refractivity contribution in [2.24, 2.45) is 5.41 Å². The lowest BCUT2D eigenvalue weighted by molar-refractivity contribution is -0.147.